The van der Waals surface area contributed by atoms with Crippen LogP contribution in [-0.4, -0.2) is 18.4 Å². The number of hydrogen-bond acceptors (Lipinski definition) is 2. The number of aromatic hydroxyl groups is 1. The Labute approximate surface area is 72.1 Å². The first-order chi connectivity index (χ1) is 5.95. The van der Waals surface area contributed by atoms with Crippen LogP contribution in [0.25, 0.3) is 0 Å². The Kier molecular flexibility index (Phi) is 2.31. The lowest BCUT2D eigenvalue weighted by Gasteiger charge is -2.14. The number of aldehydes is 1. The first-order valence-electron chi connectivity index (χ1n) is 3.43. The molecule has 0 aliphatic rings. The van der Waals surface area contributed by atoms with Crippen LogP contribution >= 0.6 is 0 Å². The van der Waals surface area contributed by atoms with Crippen molar-refractivity contribution in [3.63, 3.8) is 0 Å². The van der Waals surface area contributed by atoms with Crippen LogP contribution in [0.5, 0.6) is 5.75 Å². The smallest absolute Gasteiger partial charge is 0.507 e. The van der Waals surface area contributed by atoms with Gasteiger partial charge in [-0.1, -0.05) is 12.1 Å². The highest BCUT2D eigenvalue weighted by Gasteiger charge is 2.25. The minimum Gasteiger partial charge on any atom is -0.507 e. The molecule has 0 bridgehead atoms. The first-order valence-corrected chi connectivity index (χ1v) is 3.43. The zero-order valence-electron chi connectivity index (χ0n) is 6.38. The topological polar surface area (TPSA) is 37.3 Å². The van der Waals surface area contributed by atoms with Crippen LogP contribution in [0.4, 0.5) is 12.9 Å². The van der Waals surface area contributed by atoms with Crippen molar-refractivity contribution in [1.82, 2.24) is 0 Å². The molecule has 70 valence electrons. The van der Waals surface area contributed by atoms with E-state index in [4.69, 9.17) is 5.11 Å². The van der Waals surface area contributed by atoms with E-state index in [2.05, 4.69) is 0 Å². The zero-order valence-corrected chi connectivity index (χ0v) is 6.38. The second kappa shape index (κ2) is 3.12. The molecule has 0 spiro atoms. The summed E-state index contributed by atoms with van der Waals surface area (Å²) >= 11 is 0. The van der Waals surface area contributed by atoms with Crippen molar-refractivity contribution in [1.29, 1.82) is 0 Å². The number of benzene rings is 1. The van der Waals surface area contributed by atoms with Gasteiger partial charge in [0.15, 0.2) is 6.29 Å². The Hall–Kier alpha value is -1.46. The molecule has 2 nitrogen and oxygen atoms in total. The predicted molar refractivity (Wildman–Crippen MR) is 42.2 cm³/mol. The molecule has 0 fully saturated rings. The average Bonchev–Trinajstić information content (AvgIpc) is 2.02. The van der Waals surface area contributed by atoms with Crippen LogP contribution in [0.1, 0.15) is 10.4 Å². The van der Waals surface area contributed by atoms with Crippen molar-refractivity contribution >= 4 is 18.7 Å². The summed E-state index contributed by atoms with van der Waals surface area (Å²) in [6, 6.07) is 2.25. The molecule has 0 aliphatic carbocycles. The summed E-state index contributed by atoms with van der Waals surface area (Å²) in [6.07, 6.45) is 0.294. The monoisotopic (exact) mass is 189 g/mol. The van der Waals surface area contributed by atoms with E-state index in [0.29, 0.717) is 12.4 Å². The van der Waals surface area contributed by atoms with Gasteiger partial charge in [-0.25, -0.2) is 0 Å². The first kappa shape index (κ1) is 9.63. The number of carbonyl (C=O) groups excluding carboxylic acids is 1. The molecule has 0 saturated carbocycles. The third-order valence-electron chi connectivity index (χ3n) is 1.56. The highest BCUT2D eigenvalue weighted by molar-refractivity contribution is 6.73. The van der Waals surface area contributed by atoms with Gasteiger partial charge in [-0.15, -0.1) is 5.46 Å². The standard InChI is InChI=1S/C7H5BF3O2/c9-8(10,11)6-2-1-5(4-12)7(13)3-6/h1-4,13H/q-1. The minimum absolute atomic E-state index is 0.149. The SMILES string of the molecule is O=Cc1ccc([B-](F)(F)F)cc1O. The summed E-state index contributed by atoms with van der Waals surface area (Å²) in [6.45, 7) is -5.12. The van der Waals surface area contributed by atoms with Crippen molar-refractivity contribution in [3.8, 4) is 5.75 Å². The number of carbonyl (C=O) groups is 1. The zero-order chi connectivity index (χ0) is 10.1. The van der Waals surface area contributed by atoms with E-state index in [1.165, 1.54) is 0 Å². The van der Waals surface area contributed by atoms with Crippen LogP contribution in [0, 0.1) is 0 Å². The van der Waals surface area contributed by atoms with Gasteiger partial charge in [0.1, 0.15) is 5.75 Å². The molecule has 0 saturated heterocycles. The van der Waals surface area contributed by atoms with Crippen molar-refractivity contribution in [3.05, 3.63) is 23.8 Å². The third-order valence-corrected chi connectivity index (χ3v) is 1.56. The number of phenols is 1. The Balaban J connectivity index is 3.17. The molecule has 0 atom stereocenters. The van der Waals surface area contributed by atoms with Gasteiger partial charge in [0.2, 0.25) is 0 Å². The summed E-state index contributed by atoms with van der Waals surface area (Å²) in [7, 11) is 0. The molecule has 0 aromatic heterocycles. The van der Waals surface area contributed by atoms with Gasteiger partial charge >= 0.3 is 6.98 Å². The Morgan fingerprint density at radius 2 is 1.92 bits per heavy atom. The fourth-order valence-corrected chi connectivity index (χ4v) is 0.864. The summed E-state index contributed by atoms with van der Waals surface area (Å²) in [5.74, 6) is -0.647. The molecule has 1 rings (SSSR count). The van der Waals surface area contributed by atoms with Crippen molar-refractivity contribution < 1.29 is 22.8 Å². The maximum Gasteiger partial charge on any atom is 0.509 e. The van der Waals surface area contributed by atoms with E-state index in [-0.39, 0.29) is 5.56 Å². The van der Waals surface area contributed by atoms with E-state index in [9.17, 15) is 17.7 Å². The number of hydrogen-bond donors (Lipinski definition) is 1. The lowest BCUT2D eigenvalue weighted by atomic mass is 9.80. The second-order valence-electron chi connectivity index (χ2n) is 2.51. The van der Waals surface area contributed by atoms with Crippen molar-refractivity contribution in [2.45, 2.75) is 0 Å². The highest BCUT2D eigenvalue weighted by atomic mass is 19.4. The largest absolute Gasteiger partial charge is 0.509 e. The summed E-state index contributed by atoms with van der Waals surface area (Å²) in [5.41, 5.74) is -1.06. The van der Waals surface area contributed by atoms with Gasteiger partial charge in [-0.3, -0.25) is 4.79 Å². The minimum atomic E-state index is -5.12. The van der Waals surface area contributed by atoms with E-state index in [1.807, 2.05) is 0 Å². The van der Waals surface area contributed by atoms with Gasteiger partial charge in [-0.2, -0.15) is 0 Å². The maximum atomic E-state index is 12.1. The summed E-state index contributed by atoms with van der Waals surface area (Å²) in [4.78, 5) is 10.2. The van der Waals surface area contributed by atoms with Crippen LogP contribution in [-0.2, 0) is 0 Å². The Morgan fingerprint density at radius 1 is 1.31 bits per heavy atom. The number of halogens is 3. The van der Waals surface area contributed by atoms with E-state index >= 15 is 0 Å². The molecular formula is C7H5BF3O2-. The Morgan fingerprint density at radius 3 is 2.31 bits per heavy atom. The molecule has 0 unspecified atom stereocenters. The normalized spacial score (nSPS) is 11.3. The van der Waals surface area contributed by atoms with Gasteiger partial charge in [0.25, 0.3) is 0 Å². The molecular weight excluding hydrogens is 184 g/mol. The number of phenolic OH excluding ortho intramolecular Hbond substituents is 1. The van der Waals surface area contributed by atoms with Crippen molar-refractivity contribution in [2.75, 3.05) is 0 Å². The van der Waals surface area contributed by atoms with Crippen LogP contribution in [0.3, 0.4) is 0 Å². The quantitative estimate of drug-likeness (QED) is 0.561. The van der Waals surface area contributed by atoms with Crippen LogP contribution in [0.2, 0.25) is 0 Å². The van der Waals surface area contributed by atoms with E-state index < -0.39 is 18.2 Å². The fourth-order valence-electron chi connectivity index (χ4n) is 0.864. The fraction of sp³-hybridized carbons (Fsp3) is 0. The van der Waals surface area contributed by atoms with Crippen LogP contribution < -0.4 is 5.46 Å². The maximum absolute atomic E-state index is 12.1. The molecule has 6 heteroatoms. The third kappa shape index (κ3) is 2.02. The molecule has 1 N–H and O–H groups in total. The molecule has 0 aliphatic heterocycles. The molecule has 0 heterocycles. The van der Waals surface area contributed by atoms with Crippen molar-refractivity contribution in [2.24, 2.45) is 0 Å². The predicted octanol–water partition coefficient (Wildman–Crippen LogP) is 1.26. The van der Waals surface area contributed by atoms with Gasteiger partial charge in [0.05, 0.1) is 5.56 Å². The summed E-state index contributed by atoms with van der Waals surface area (Å²) < 4.78 is 36.2. The van der Waals surface area contributed by atoms with Gasteiger partial charge in [-0.05, 0) is 6.07 Å². The van der Waals surface area contributed by atoms with E-state index in [1.54, 1.807) is 0 Å². The van der Waals surface area contributed by atoms with Crippen LogP contribution in [0.15, 0.2) is 18.2 Å². The lowest BCUT2D eigenvalue weighted by molar-refractivity contribution is 0.112. The number of rotatable bonds is 2. The molecule has 0 amide bonds. The second-order valence-corrected chi connectivity index (χ2v) is 2.51. The Bertz CT molecular complexity index is 335. The van der Waals surface area contributed by atoms with Gasteiger partial charge < -0.3 is 18.1 Å². The average molecular weight is 189 g/mol. The van der Waals surface area contributed by atoms with Gasteiger partial charge in [0, 0.05) is 0 Å². The summed E-state index contributed by atoms with van der Waals surface area (Å²) in [5, 5.41) is 8.93. The highest BCUT2D eigenvalue weighted by Crippen LogP contribution is 2.16. The van der Waals surface area contributed by atoms with E-state index in [0.717, 1.165) is 12.1 Å². The molecule has 13 heavy (non-hydrogen) atoms. The lowest BCUT2D eigenvalue weighted by Crippen LogP contribution is -2.33. The molecule has 1 aromatic carbocycles. The molecule has 0 radical (unpaired) electrons. The molecule has 1 aromatic rings.